The molecule has 6 nitrogen and oxygen atoms in total. The second-order valence-electron chi connectivity index (χ2n) is 4.44. The van der Waals surface area contributed by atoms with E-state index in [1.54, 1.807) is 6.92 Å². The molecular weight excluding hydrogens is 250 g/mol. The fourth-order valence-corrected chi connectivity index (χ4v) is 1.93. The Morgan fingerprint density at radius 3 is 3.11 bits per heavy atom. The van der Waals surface area contributed by atoms with Crippen molar-refractivity contribution in [3.63, 3.8) is 0 Å². The van der Waals surface area contributed by atoms with Crippen LogP contribution in [0.3, 0.4) is 0 Å². The number of hydrogen-bond acceptors (Lipinski definition) is 5. The lowest BCUT2D eigenvalue weighted by atomic mass is 10.1. The van der Waals surface area contributed by atoms with Crippen LogP contribution in [-0.2, 0) is 9.53 Å². The lowest BCUT2D eigenvalue weighted by Gasteiger charge is -2.23. The molecule has 1 fully saturated rings. The summed E-state index contributed by atoms with van der Waals surface area (Å²) in [5, 5.41) is 2.81. The zero-order chi connectivity index (χ0) is 13.7. The van der Waals surface area contributed by atoms with Gasteiger partial charge in [0, 0.05) is 12.7 Å². The van der Waals surface area contributed by atoms with Gasteiger partial charge >= 0.3 is 0 Å². The van der Waals surface area contributed by atoms with E-state index in [1.807, 2.05) is 0 Å². The molecule has 1 atom stereocenters. The minimum Gasteiger partial charge on any atom is -0.476 e. The number of aryl methyl sites for hydroxylation is 1. The van der Waals surface area contributed by atoms with Crippen LogP contribution in [0.25, 0.3) is 0 Å². The molecule has 1 aromatic heterocycles. The first kappa shape index (κ1) is 13.6. The molecule has 0 spiro atoms. The Bertz CT molecular complexity index is 490. The van der Waals surface area contributed by atoms with E-state index in [0.717, 1.165) is 19.4 Å². The first-order valence-electron chi connectivity index (χ1n) is 6.25. The van der Waals surface area contributed by atoms with Gasteiger partial charge in [-0.05, 0) is 19.8 Å². The third-order valence-corrected chi connectivity index (χ3v) is 2.88. The van der Waals surface area contributed by atoms with E-state index in [4.69, 9.17) is 13.9 Å². The minimum atomic E-state index is -0.294. The summed E-state index contributed by atoms with van der Waals surface area (Å²) in [6, 6.07) is 1.29. The number of amides is 1. The van der Waals surface area contributed by atoms with Crippen LogP contribution in [0.1, 0.15) is 18.6 Å². The van der Waals surface area contributed by atoms with E-state index in [9.17, 15) is 9.59 Å². The number of ether oxygens (including phenoxy) is 2. The molecule has 0 aromatic carbocycles. The molecule has 0 bridgehead atoms. The van der Waals surface area contributed by atoms with Crippen molar-refractivity contribution < 1.29 is 18.7 Å². The predicted molar refractivity (Wildman–Crippen MR) is 67.2 cm³/mol. The molecule has 104 valence electrons. The maximum atomic E-state index is 11.7. The third kappa shape index (κ3) is 3.82. The van der Waals surface area contributed by atoms with E-state index < -0.39 is 0 Å². The molecular formula is C13H17NO5. The summed E-state index contributed by atoms with van der Waals surface area (Å²) in [6.45, 7) is 2.68. The molecule has 1 N–H and O–H groups in total. The van der Waals surface area contributed by atoms with Crippen molar-refractivity contribution in [2.75, 3.05) is 19.8 Å². The fraction of sp³-hybridized carbons (Fsp3) is 0.538. The first-order chi connectivity index (χ1) is 9.16. The number of hydrogen-bond donors (Lipinski definition) is 1. The van der Waals surface area contributed by atoms with Crippen LogP contribution in [-0.4, -0.2) is 31.8 Å². The largest absolute Gasteiger partial charge is 0.476 e. The van der Waals surface area contributed by atoms with Gasteiger partial charge in [0.15, 0.2) is 6.61 Å². The molecule has 0 aliphatic carbocycles. The molecule has 0 saturated carbocycles. The van der Waals surface area contributed by atoms with Gasteiger partial charge in [0.25, 0.3) is 5.91 Å². The maximum Gasteiger partial charge on any atom is 0.258 e. The second kappa shape index (κ2) is 6.38. The lowest BCUT2D eigenvalue weighted by Crippen LogP contribution is -2.42. The van der Waals surface area contributed by atoms with Crippen molar-refractivity contribution >= 4 is 5.91 Å². The Morgan fingerprint density at radius 2 is 2.42 bits per heavy atom. The highest BCUT2D eigenvalue weighted by Crippen LogP contribution is 2.10. The summed E-state index contributed by atoms with van der Waals surface area (Å²) in [6.07, 6.45) is 3.13. The highest BCUT2D eigenvalue weighted by molar-refractivity contribution is 5.77. The predicted octanol–water partition coefficient (Wildman–Crippen LogP) is 0.622. The smallest absolute Gasteiger partial charge is 0.258 e. The van der Waals surface area contributed by atoms with Crippen molar-refractivity contribution in [1.29, 1.82) is 0 Å². The van der Waals surface area contributed by atoms with Gasteiger partial charge in [-0.1, -0.05) is 0 Å². The van der Waals surface area contributed by atoms with Gasteiger partial charge in [0.05, 0.1) is 18.9 Å². The number of carbonyl (C=O) groups is 1. The van der Waals surface area contributed by atoms with E-state index >= 15 is 0 Å². The Labute approximate surface area is 110 Å². The topological polar surface area (TPSA) is 77.8 Å². The normalized spacial score (nSPS) is 18.9. The van der Waals surface area contributed by atoms with Crippen LogP contribution in [0.5, 0.6) is 5.75 Å². The highest BCUT2D eigenvalue weighted by Gasteiger charge is 2.17. The van der Waals surface area contributed by atoms with Gasteiger partial charge in [-0.15, -0.1) is 0 Å². The summed E-state index contributed by atoms with van der Waals surface area (Å²) in [7, 11) is 0. The number of carbonyl (C=O) groups excluding carboxylic acids is 1. The zero-order valence-corrected chi connectivity index (χ0v) is 10.8. The maximum absolute atomic E-state index is 11.7. The summed E-state index contributed by atoms with van der Waals surface area (Å²) in [5.74, 6) is 0.178. The van der Waals surface area contributed by atoms with E-state index in [1.165, 1.54) is 12.3 Å². The molecule has 1 aliphatic rings. The van der Waals surface area contributed by atoms with Crippen LogP contribution in [0, 0.1) is 6.92 Å². The average molecular weight is 267 g/mol. The Balaban J connectivity index is 1.84. The van der Waals surface area contributed by atoms with Gasteiger partial charge in [0.2, 0.25) is 11.2 Å². The lowest BCUT2D eigenvalue weighted by molar-refractivity contribution is -0.124. The summed E-state index contributed by atoms with van der Waals surface area (Å²) in [4.78, 5) is 23.2. The van der Waals surface area contributed by atoms with Crippen molar-refractivity contribution in [2.45, 2.75) is 25.8 Å². The van der Waals surface area contributed by atoms with Crippen LogP contribution in [0.4, 0.5) is 0 Å². The van der Waals surface area contributed by atoms with Gasteiger partial charge in [-0.25, -0.2) is 0 Å². The van der Waals surface area contributed by atoms with Gasteiger partial charge in [-0.3, -0.25) is 9.59 Å². The number of rotatable bonds is 4. The second-order valence-corrected chi connectivity index (χ2v) is 4.44. The van der Waals surface area contributed by atoms with E-state index in [2.05, 4.69) is 5.32 Å². The molecule has 1 aromatic rings. The fourth-order valence-electron chi connectivity index (χ4n) is 1.93. The van der Waals surface area contributed by atoms with Crippen LogP contribution in [0.2, 0.25) is 0 Å². The summed E-state index contributed by atoms with van der Waals surface area (Å²) < 4.78 is 15.5. The van der Waals surface area contributed by atoms with Gasteiger partial charge < -0.3 is 19.2 Å². The average Bonchev–Trinajstić information content (AvgIpc) is 2.39. The summed E-state index contributed by atoms with van der Waals surface area (Å²) >= 11 is 0. The number of nitrogens with one attached hydrogen (secondary N) is 1. The van der Waals surface area contributed by atoms with Crippen LogP contribution >= 0.6 is 0 Å². The molecule has 19 heavy (non-hydrogen) atoms. The van der Waals surface area contributed by atoms with Crippen LogP contribution in [0.15, 0.2) is 21.5 Å². The van der Waals surface area contributed by atoms with E-state index in [0.29, 0.717) is 12.4 Å². The molecule has 0 unspecified atom stereocenters. The summed E-state index contributed by atoms with van der Waals surface area (Å²) in [5.41, 5.74) is -0.294. The molecule has 6 heteroatoms. The van der Waals surface area contributed by atoms with Crippen LogP contribution < -0.4 is 15.5 Å². The SMILES string of the molecule is Cc1occc(=O)c1OCC(=O)N[C@H]1CCCOC1. The third-order valence-electron chi connectivity index (χ3n) is 2.88. The highest BCUT2D eigenvalue weighted by atomic mass is 16.5. The van der Waals surface area contributed by atoms with Gasteiger partial charge in [-0.2, -0.15) is 0 Å². The Morgan fingerprint density at radius 1 is 1.58 bits per heavy atom. The monoisotopic (exact) mass is 267 g/mol. The Kier molecular flexibility index (Phi) is 4.57. The molecule has 2 heterocycles. The molecule has 0 radical (unpaired) electrons. The van der Waals surface area contributed by atoms with Crippen molar-refractivity contribution in [3.05, 3.63) is 28.3 Å². The molecule has 1 amide bonds. The first-order valence-corrected chi connectivity index (χ1v) is 6.25. The van der Waals surface area contributed by atoms with Gasteiger partial charge in [0.1, 0.15) is 5.76 Å². The molecule has 1 saturated heterocycles. The van der Waals surface area contributed by atoms with Crippen molar-refractivity contribution in [1.82, 2.24) is 5.32 Å². The zero-order valence-electron chi connectivity index (χ0n) is 10.8. The van der Waals surface area contributed by atoms with E-state index in [-0.39, 0.29) is 29.7 Å². The quantitative estimate of drug-likeness (QED) is 0.865. The van der Waals surface area contributed by atoms with Crippen molar-refractivity contribution in [2.24, 2.45) is 0 Å². The molecule has 1 aliphatic heterocycles. The minimum absolute atomic E-state index is 0.0260. The Hall–Kier alpha value is -1.82. The molecule has 2 rings (SSSR count). The standard InChI is InChI=1S/C13H17NO5/c1-9-13(11(15)4-6-18-9)19-8-12(16)14-10-3-2-5-17-7-10/h4,6,10H,2-3,5,7-8H2,1H3,(H,14,16)/t10-/m0/s1. The van der Waals surface area contributed by atoms with Crippen molar-refractivity contribution in [3.8, 4) is 5.75 Å².